The summed E-state index contributed by atoms with van der Waals surface area (Å²) in [6.45, 7) is 0.486. The number of nitrogens with zero attached hydrogens (tertiary/aromatic N) is 2. The van der Waals surface area contributed by atoms with Gasteiger partial charge in [-0.25, -0.2) is 4.98 Å². The van der Waals surface area contributed by atoms with Crippen LogP contribution >= 0.6 is 0 Å². The lowest BCUT2D eigenvalue weighted by atomic mass is 10.0. The smallest absolute Gasteiger partial charge is 0.292 e. The molecule has 6 nitrogen and oxygen atoms in total. The van der Waals surface area contributed by atoms with Gasteiger partial charge in [0.05, 0.1) is 11.4 Å². The van der Waals surface area contributed by atoms with Gasteiger partial charge in [-0.1, -0.05) is 36.4 Å². The molecule has 0 saturated carbocycles. The second kappa shape index (κ2) is 5.95. The van der Waals surface area contributed by atoms with E-state index in [4.69, 9.17) is 0 Å². The van der Waals surface area contributed by atoms with Crippen LogP contribution in [0.4, 0.5) is 0 Å². The molecule has 1 aliphatic carbocycles. The van der Waals surface area contributed by atoms with Crippen LogP contribution in [0.2, 0.25) is 0 Å². The largest absolute Gasteiger partial charge is 0.348 e. The fourth-order valence-electron chi connectivity index (χ4n) is 3.63. The molecule has 1 aliphatic rings. The summed E-state index contributed by atoms with van der Waals surface area (Å²) in [7, 11) is 0. The van der Waals surface area contributed by atoms with Crippen LogP contribution in [-0.2, 0) is 13.0 Å². The molecule has 0 atom stereocenters. The minimum atomic E-state index is -0.212. The minimum Gasteiger partial charge on any atom is -0.348 e. The molecule has 0 saturated heterocycles. The van der Waals surface area contributed by atoms with Crippen LogP contribution in [0.3, 0.4) is 0 Å². The van der Waals surface area contributed by atoms with Gasteiger partial charge in [0.15, 0.2) is 0 Å². The number of fused-ring (bicyclic) bond motifs is 5. The molecule has 0 radical (unpaired) electrons. The second-order valence-electron chi connectivity index (χ2n) is 6.61. The monoisotopic (exact) mass is 356 g/mol. The number of imidazole rings is 1. The third kappa shape index (κ3) is 2.54. The standard InChI is InChI=1S/C21H16N4O2/c26-20(23-12-13-4-2-1-3-5-13)14-6-7-16-15(10-14)11-17-18(16)24-21(27)19-22-8-9-25(17)19/h1-10H,11-12H2,(H,23,26)(H,24,27). The molecule has 0 unspecified atom stereocenters. The third-order valence-electron chi connectivity index (χ3n) is 4.95. The number of nitrogens with one attached hydrogen (secondary N) is 2. The lowest BCUT2D eigenvalue weighted by Gasteiger charge is -2.07. The van der Waals surface area contributed by atoms with Crippen molar-refractivity contribution in [3.8, 4) is 11.3 Å². The van der Waals surface area contributed by atoms with Crippen molar-refractivity contribution in [2.24, 2.45) is 0 Å². The fraction of sp³-hybridized carbons (Fsp3) is 0.0952. The van der Waals surface area contributed by atoms with Crippen LogP contribution in [0.15, 0.2) is 65.7 Å². The Labute approximate surface area is 154 Å². The van der Waals surface area contributed by atoms with Crippen LogP contribution in [0, 0.1) is 0 Å². The molecule has 0 bridgehead atoms. The van der Waals surface area contributed by atoms with E-state index in [0.29, 0.717) is 24.2 Å². The molecule has 2 N–H and O–H groups in total. The molecule has 27 heavy (non-hydrogen) atoms. The topological polar surface area (TPSA) is 79.3 Å². The predicted octanol–water partition coefficient (Wildman–Crippen LogP) is 2.52. The Kier molecular flexibility index (Phi) is 3.43. The maximum atomic E-state index is 12.5. The molecule has 132 valence electrons. The summed E-state index contributed by atoms with van der Waals surface area (Å²) in [5, 5.41) is 2.95. The number of rotatable bonds is 3. The fourth-order valence-corrected chi connectivity index (χ4v) is 3.63. The van der Waals surface area contributed by atoms with E-state index in [0.717, 1.165) is 28.1 Å². The van der Waals surface area contributed by atoms with E-state index in [1.807, 2.05) is 46.9 Å². The average Bonchev–Trinajstić information content (AvgIpc) is 3.32. The molecule has 6 heteroatoms. The number of carbonyl (C=O) groups excluding carboxylic acids is 1. The lowest BCUT2D eigenvalue weighted by Crippen LogP contribution is -2.22. The Morgan fingerprint density at radius 2 is 2.04 bits per heavy atom. The number of hydrogen-bond donors (Lipinski definition) is 2. The zero-order valence-corrected chi connectivity index (χ0v) is 14.4. The Hall–Kier alpha value is -3.67. The van der Waals surface area contributed by atoms with E-state index in [2.05, 4.69) is 15.3 Å². The van der Waals surface area contributed by atoms with Crippen molar-refractivity contribution >= 4 is 11.6 Å². The quantitative estimate of drug-likeness (QED) is 0.521. The van der Waals surface area contributed by atoms with E-state index < -0.39 is 0 Å². The molecule has 1 amide bonds. The van der Waals surface area contributed by atoms with Gasteiger partial charge in [0.1, 0.15) is 0 Å². The summed E-state index contributed by atoms with van der Waals surface area (Å²) in [5.74, 6) is -0.112. The number of benzene rings is 2. The summed E-state index contributed by atoms with van der Waals surface area (Å²) in [4.78, 5) is 31.8. The number of amides is 1. The first kappa shape index (κ1) is 15.6. The Morgan fingerprint density at radius 1 is 1.19 bits per heavy atom. The SMILES string of the molecule is O=C(NCc1ccccc1)c1ccc2c(c1)Cc1c-2[nH]c(=O)c2nccn12. The number of hydrogen-bond acceptors (Lipinski definition) is 3. The minimum absolute atomic E-state index is 0.112. The Bertz CT molecular complexity index is 1240. The second-order valence-corrected chi connectivity index (χ2v) is 6.61. The molecule has 2 heterocycles. The molecule has 5 rings (SSSR count). The normalized spacial score (nSPS) is 12.0. The van der Waals surface area contributed by atoms with Gasteiger partial charge in [-0.2, -0.15) is 0 Å². The van der Waals surface area contributed by atoms with Gasteiger partial charge in [0, 0.05) is 36.5 Å². The number of aromatic amines is 1. The molecule has 2 aromatic heterocycles. The van der Waals surface area contributed by atoms with Crippen LogP contribution in [0.1, 0.15) is 27.2 Å². The van der Waals surface area contributed by atoms with Crippen molar-refractivity contribution < 1.29 is 4.79 Å². The van der Waals surface area contributed by atoms with Crippen LogP contribution in [0.25, 0.3) is 16.9 Å². The van der Waals surface area contributed by atoms with Gasteiger partial charge in [0.25, 0.3) is 11.5 Å². The number of carbonyl (C=O) groups is 1. The van der Waals surface area contributed by atoms with Gasteiger partial charge in [0.2, 0.25) is 5.65 Å². The van der Waals surface area contributed by atoms with Crippen molar-refractivity contribution in [3.05, 3.63) is 93.7 Å². The maximum absolute atomic E-state index is 12.5. The number of H-pyrrole nitrogens is 1. The number of aromatic nitrogens is 3. The Morgan fingerprint density at radius 3 is 2.89 bits per heavy atom. The van der Waals surface area contributed by atoms with Gasteiger partial charge in [-0.05, 0) is 23.3 Å². The van der Waals surface area contributed by atoms with E-state index in [9.17, 15) is 9.59 Å². The molecule has 4 aromatic rings. The first-order valence-corrected chi connectivity index (χ1v) is 8.74. The van der Waals surface area contributed by atoms with E-state index >= 15 is 0 Å². The van der Waals surface area contributed by atoms with Crippen LogP contribution in [-0.4, -0.2) is 20.3 Å². The van der Waals surface area contributed by atoms with Crippen LogP contribution in [0.5, 0.6) is 0 Å². The highest BCUT2D eigenvalue weighted by Crippen LogP contribution is 2.34. The molecule has 0 fully saturated rings. The van der Waals surface area contributed by atoms with Crippen molar-refractivity contribution in [1.29, 1.82) is 0 Å². The highest BCUT2D eigenvalue weighted by Gasteiger charge is 2.24. The molecule has 0 aliphatic heterocycles. The Balaban J connectivity index is 1.45. The summed E-state index contributed by atoms with van der Waals surface area (Å²) in [5.41, 5.74) is 5.61. The molecule has 2 aromatic carbocycles. The summed E-state index contributed by atoms with van der Waals surface area (Å²) in [6, 6.07) is 15.4. The highest BCUT2D eigenvalue weighted by molar-refractivity contribution is 5.95. The van der Waals surface area contributed by atoms with E-state index in [1.165, 1.54) is 0 Å². The first-order chi connectivity index (χ1) is 13.2. The van der Waals surface area contributed by atoms with Crippen LogP contribution < -0.4 is 10.9 Å². The summed E-state index contributed by atoms with van der Waals surface area (Å²) in [6.07, 6.45) is 4.06. The van der Waals surface area contributed by atoms with Gasteiger partial charge >= 0.3 is 0 Å². The van der Waals surface area contributed by atoms with E-state index in [1.54, 1.807) is 18.5 Å². The predicted molar refractivity (Wildman–Crippen MR) is 102 cm³/mol. The lowest BCUT2D eigenvalue weighted by molar-refractivity contribution is 0.0951. The third-order valence-corrected chi connectivity index (χ3v) is 4.95. The van der Waals surface area contributed by atoms with Gasteiger partial charge < -0.3 is 10.3 Å². The zero-order valence-electron chi connectivity index (χ0n) is 14.4. The van der Waals surface area contributed by atoms with Crippen molar-refractivity contribution in [2.75, 3.05) is 0 Å². The molecular weight excluding hydrogens is 340 g/mol. The van der Waals surface area contributed by atoms with E-state index in [-0.39, 0.29) is 11.5 Å². The van der Waals surface area contributed by atoms with Gasteiger partial charge in [-0.15, -0.1) is 0 Å². The first-order valence-electron chi connectivity index (χ1n) is 8.74. The molecular formula is C21H16N4O2. The highest BCUT2D eigenvalue weighted by atomic mass is 16.1. The zero-order chi connectivity index (χ0) is 18.4. The average molecular weight is 356 g/mol. The van der Waals surface area contributed by atoms with Gasteiger partial charge in [-0.3, -0.25) is 14.0 Å². The van der Waals surface area contributed by atoms with Crippen molar-refractivity contribution in [3.63, 3.8) is 0 Å². The van der Waals surface area contributed by atoms with Crippen molar-refractivity contribution in [1.82, 2.24) is 19.7 Å². The summed E-state index contributed by atoms with van der Waals surface area (Å²) >= 11 is 0. The van der Waals surface area contributed by atoms with Crippen molar-refractivity contribution in [2.45, 2.75) is 13.0 Å². The maximum Gasteiger partial charge on any atom is 0.292 e. The summed E-state index contributed by atoms with van der Waals surface area (Å²) < 4.78 is 1.82. The molecule has 0 spiro atoms.